The first-order chi connectivity index (χ1) is 13.7. The van der Waals surface area contributed by atoms with E-state index < -0.39 is 16.1 Å². The number of benzene rings is 2. The van der Waals surface area contributed by atoms with Gasteiger partial charge in [0.1, 0.15) is 0 Å². The summed E-state index contributed by atoms with van der Waals surface area (Å²) in [7, 11) is -2.13. The maximum Gasteiger partial charge on any atom is 0.407 e. The van der Waals surface area contributed by atoms with Crippen LogP contribution in [0, 0.1) is 0 Å². The van der Waals surface area contributed by atoms with Gasteiger partial charge >= 0.3 is 6.09 Å². The Morgan fingerprint density at radius 1 is 1.10 bits per heavy atom. The molecule has 0 bridgehead atoms. The quantitative estimate of drug-likeness (QED) is 0.617. The third-order valence-electron chi connectivity index (χ3n) is 4.80. The van der Waals surface area contributed by atoms with E-state index in [2.05, 4.69) is 20.4 Å². The van der Waals surface area contributed by atoms with Gasteiger partial charge < -0.3 is 10.0 Å². The molecule has 0 spiro atoms. The fourth-order valence-electron chi connectivity index (χ4n) is 2.88. The van der Waals surface area contributed by atoms with Gasteiger partial charge in [0.2, 0.25) is 0 Å². The topological polar surface area (TPSA) is 77.9 Å². The summed E-state index contributed by atoms with van der Waals surface area (Å²) in [5.41, 5.74) is 2.56. The minimum atomic E-state index is -3.66. The lowest BCUT2D eigenvalue weighted by atomic mass is 10.0. The van der Waals surface area contributed by atoms with Crippen LogP contribution in [0.5, 0.6) is 0 Å². The Balaban J connectivity index is 2.11. The van der Waals surface area contributed by atoms with Gasteiger partial charge in [-0.25, -0.2) is 13.2 Å². The van der Waals surface area contributed by atoms with Crippen LogP contribution in [0.15, 0.2) is 66.1 Å². The first-order valence-electron chi connectivity index (χ1n) is 9.43. The molecule has 29 heavy (non-hydrogen) atoms. The van der Waals surface area contributed by atoms with Crippen molar-refractivity contribution in [2.45, 2.75) is 31.1 Å². The van der Waals surface area contributed by atoms with Crippen LogP contribution in [0.25, 0.3) is 0 Å². The van der Waals surface area contributed by atoms with Gasteiger partial charge in [-0.05, 0) is 47.7 Å². The van der Waals surface area contributed by atoms with Crippen molar-refractivity contribution in [2.75, 3.05) is 24.4 Å². The molecule has 0 heterocycles. The number of hydrogen-bond acceptors (Lipinski definition) is 3. The number of carboxylic acid groups (broad SMARTS) is 1. The average Bonchev–Trinajstić information content (AvgIpc) is 2.70. The lowest BCUT2D eigenvalue weighted by Crippen LogP contribution is -2.31. The average molecular weight is 417 g/mol. The van der Waals surface area contributed by atoms with Gasteiger partial charge in [-0.2, -0.15) is 0 Å². The Kier molecular flexibility index (Phi) is 7.45. The molecule has 0 fully saturated rings. The van der Waals surface area contributed by atoms with Gasteiger partial charge in [0, 0.05) is 20.1 Å². The molecule has 1 amide bonds. The minimum Gasteiger partial charge on any atom is -0.465 e. The van der Waals surface area contributed by atoms with Gasteiger partial charge in [-0.1, -0.05) is 44.2 Å². The molecule has 156 valence electrons. The third kappa shape index (κ3) is 5.60. The van der Waals surface area contributed by atoms with Crippen LogP contribution in [0.3, 0.4) is 0 Å². The maximum absolute atomic E-state index is 12.9. The smallest absolute Gasteiger partial charge is 0.407 e. The monoisotopic (exact) mass is 416 g/mol. The number of sulfonamides is 1. The van der Waals surface area contributed by atoms with Crippen LogP contribution in [-0.4, -0.2) is 44.7 Å². The van der Waals surface area contributed by atoms with Crippen LogP contribution in [0.2, 0.25) is 0 Å². The minimum absolute atomic E-state index is 0.245. The summed E-state index contributed by atoms with van der Waals surface area (Å²) >= 11 is 0. The number of rotatable bonds is 9. The van der Waals surface area contributed by atoms with Crippen molar-refractivity contribution in [3.63, 3.8) is 0 Å². The second-order valence-corrected chi connectivity index (χ2v) is 9.10. The van der Waals surface area contributed by atoms with E-state index in [0.29, 0.717) is 24.6 Å². The lowest BCUT2D eigenvalue weighted by Gasteiger charge is -2.21. The van der Waals surface area contributed by atoms with Crippen molar-refractivity contribution < 1.29 is 18.3 Å². The molecule has 0 saturated heterocycles. The van der Waals surface area contributed by atoms with Gasteiger partial charge in [-0.15, -0.1) is 6.58 Å². The van der Waals surface area contributed by atoms with E-state index in [-0.39, 0.29) is 11.4 Å². The fourth-order valence-corrected chi connectivity index (χ4v) is 4.07. The van der Waals surface area contributed by atoms with E-state index in [1.165, 1.54) is 16.3 Å². The third-order valence-corrected chi connectivity index (χ3v) is 6.60. The molecule has 0 aliphatic heterocycles. The van der Waals surface area contributed by atoms with Gasteiger partial charge in [0.05, 0.1) is 10.6 Å². The molecule has 0 aliphatic carbocycles. The molecule has 6 nitrogen and oxygen atoms in total. The summed E-state index contributed by atoms with van der Waals surface area (Å²) in [6, 6.07) is 14.0. The second kappa shape index (κ2) is 9.60. The first-order valence-corrected chi connectivity index (χ1v) is 10.9. The number of hydrogen-bond donors (Lipinski definition) is 1. The SMILES string of the molecule is C=CCN(CCc1ccc(N(C)S(=O)(=O)c2ccc(C(C)C)cc2)cc1)C(=O)O. The standard InChI is InChI=1S/C22H28N2O4S/c1-5-15-24(22(25)26)16-14-18-6-10-20(11-7-18)23(4)29(27,28)21-12-8-19(9-13-21)17(2)3/h5-13,17H,1,14-16H2,2-4H3,(H,25,26). The summed E-state index contributed by atoms with van der Waals surface area (Å²) < 4.78 is 27.1. The van der Waals surface area contributed by atoms with Crippen molar-refractivity contribution in [1.29, 1.82) is 0 Å². The molecule has 0 radical (unpaired) electrons. The molecule has 0 saturated carbocycles. The van der Waals surface area contributed by atoms with E-state index in [1.807, 2.05) is 24.3 Å². The van der Waals surface area contributed by atoms with Crippen molar-refractivity contribution in [3.05, 3.63) is 72.3 Å². The van der Waals surface area contributed by atoms with Crippen LogP contribution in [0.4, 0.5) is 10.5 Å². The molecular formula is C22H28N2O4S. The van der Waals surface area contributed by atoms with E-state index in [9.17, 15) is 13.2 Å². The van der Waals surface area contributed by atoms with Crippen molar-refractivity contribution in [2.24, 2.45) is 0 Å². The summed E-state index contributed by atoms with van der Waals surface area (Å²) in [5.74, 6) is 0.334. The first kappa shape index (κ1) is 22.5. The summed E-state index contributed by atoms with van der Waals surface area (Å²) in [4.78, 5) is 12.7. The number of carbonyl (C=O) groups is 1. The Morgan fingerprint density at radius 2 is 1.69 bits per heavy atom. The molecule has 0 unspecified atom stereocenters. The molecule has 1 N–H and O–H groups in total. The lowest BCUT2D eigenvalue weighted by molar-refractivity contribution is 0.151. The molecule has 0 aliphatic rings. The predicted molar refractivity (Wildman–Crippen MR) is 116 cm³/mol. The zero-order valence-corrected chi connectivity index (χ0v) is 17.9. The van der Waals surface area contributed by atoms with Crippen molar-refractivity contribution in [3.8, 4) is 0 Å². The summed E-state index contributed by atoms with van der Waals surface area (Å²) in [6.45, 7) is 8.29. The van der Waals surface area contributed by atoms with Crippen LogP contribution in [-0.2, 0) is 16.4 Å². The van der Waals surface area contributed by atoms with E-state index in [4.69, 9.17) is 5.11 Å². The van der Waals surface area contributed by atoms with E-state index in [0.717, 1.165) is 11.1 Å². The van der Waals surface area contributed by atoms with Crippen molar-refractivity contribution in [1.82, 2.24) is 4.90 Å². The highest BCUT2D eigenvalue weighted by atomic mass is 32.2. The molecular weight excluding hydrogens is 388 g/mol. The normalized spacial score (nSPS) is 11.3. The molecule has 0 atom stereocenters. The fraction of sp³-hybridized carbons (Fsp3) is 0.318. The highest BCUT2D eigenvalue weighted by Gasteiger charge is 2.21. The Hall–Kier alpha value is -2.80. The maximum atomic E-state index is 12.9. The van der Waals surface area contributed by atoms with Crippen LogP contribution >= 0.6 is 0 Å². The molecule has 7 heteroatoms. The predicted octanol–water partition coefficient (Wildman–Crippen LogP) is 4.34. The molecule has 2 aromatic carbocycles. The highest BCUT2D eigenvalue weighted by Crippen LogP contribution is 2.24. The summed E-state index contributed by atoms with van der Waals surface area (Å²) in [5, 5.41) is 9.15. The van der Waals surface area contributed by atoms with E-state index in [1.54, 1.807) is 30.3 Å². The largest absolute Gasteiger partial charge is 0.465 e. The Bertz CT molecular complexity index is 936. The Morgan fingerprint density at radius 3 is 2.17 bits per heavy atom. The molecule has 2 aromatic rings. The zero-order chi connectivity index (χ0) is 21.6. The number of nitrogens with zero attached hydrogens (tertiary/aromatic N) is 2. The summed E-state index contributed by atoms with van der Waals surface area (Å²) in [6.07, 6.45) is 1.09. The molecule has 0 aromatic heterocycles. The van der Waals surface area contributed by atoms with Crippen LogP contribution < -0.4 is 4.31 Å². The van der Waals surface area contributed by atoms with Crippen molar-refractivity contribution >= 4 is 21.8 Å². The number of anilines is 1. The van der Waals surface area contributed by atoms with Gasteiger partial charge in [0.15, 0.2) is 0 Å². The van der Waals surface area contributed by atoms with Gasteiger partial charge in [0.25, 0.3) is 10.0 Å². The molecule has 2 rings (SSSR count). The zero-order valence-electron chi connectivity index (χ0n) is 17.1. The van der Waals surface area contributed by atoms with Gasteiger partial charge in [-0.3, -0.25) is 4.31 Å². The highest BCUT2D eigenvalue weighted by molar-refractivity contribution is 7.92. The second-order valence-electron chi connectivity index (χ2n) is 7.13. The van der Waals surface area contributed by atoms with E-state index >= 15 is 0 Å². The van der Waals surface area contributed by atoms with Crippen LogP contribution in [0.1, 0.15) is 30.9 Å². The Labute approximate surface area is 173 Å². The number of amides is 1.